The lowest BCUT2D eigenvalue weighted by Gasteiger charge is -2.26. The van der Waals surface area contributed by atoms with Gasteiger partial charge in [0.15, 0.2) is 6.16 Å². The first kappa shape index (κ1) is 24.8. The fraction of sp³-hybridized carbons (Fsp3) is 0.280. The molecule has 0 aromatic heterocycles. The van der Waals surface area contributed by atoms with Crippen molar-refractivity contribution in [2.45, 2.75) is 42.1 Å². The average molecular weight is 489 g/mol. The van der Waals surface area contributed by atoms with Gasteiger partial charge >= 0.3 is 8.03 Å². The molecule has 0 aliphatic heterocycles. The van der Waals surface area contributed by atoms with Crippen molar-refractivity contribution in [3.05, 3.63) is 95.0 Å². The van der Waals surface area contributed by atoms with Crippen LogP contribution in [0.25, 0.3) is 0 Å². The molecule has 3 N–H and O–H groups in total. The topological polar surface area (TPSA) is 72.5 Å². The first-order valence-electron chi connectivity index (χ1n) is 10.4. The SMILES string of the molecule is CC(N)(CC(Cc1ccccc1Cl)Sc1cccc(OCc2ccccc2)c1)C[P+](=O)O. The van der Waals surface area contributed by atoms with E-state index in [9.17, 15) is 9.46 Å². The molecule has 7 heteroatoms. The van der Waals surface area contributed by atoms with Crippen LogP contribution in [0.3, 0.4) is 0 Å². The quantitative estimate of drug-likeness (QED) is 0.239. The first-order valence-corrected chi connectivity index (χ1v) is 13.1. The summed E-state index contributed by atoms with van der Waals surface area (Å²) < 4.78 is 17.4. The highest BCUT2D eigenvalue weighted by atomic mass is 35.5. The second kappa shape index (κ2) is 11.8. The van der Waals surface area contributed by atoms with Crippen molar-refractivity contribution in [3.63, 3.8) is 0 Å². The average Bonchev–Trinajstić information content (AvgIpc) is 2.73. The van der Waals surface area contributed by atoms with Crippen LogP contribution in [0.15, 0.2) is 83.8 Å². The third-order valence-corrected chi connectivity index (χ3v) is 7.51. The normalized spacial score (nSPS) is 14.4. The van der Waals surface area contributed by atoms with Gasteiger partial charge in [-0.1, -0.05) is 66.2 Å². The summed E-state index contributed by atoms with van der Waals surface area (Å²) in [5.41, 5.74) is 7.77. The molecule has 0 bridgehead atoms. The number of hydrogen-bond acceptors (Lipinski definition) is 4. The number of nitrogens with two attached hydrogens (primary N) is 1. The second-order valence-electron chi connectivity index (χ2n) is 8.15. The Morgan fingerprint density at radius 1 is 1.09 bits per heavy atom. The Kier molecular flexibility index (Phi) is 9.15. The van der Waals surface area contributed by atoms with Gasteiger partial charge in [0, 0.05) is 15.2 Å². The van der Waals surface area contributed by atoms with Crippen molar-refractivity contribution < 1.29 is 14.2 Å². The van der Waals surface area contributed by atoms with E-state index >= 15 is 0 Å². The molecule has 0 spiro atoms. The predicted molar refractivity (Wildman–Crippen MR) is 134 cm³/mol. The van der Waals surface area contributed by atoms with E-state index in [-0.39, 0.29) is 11.4 Å². The Labute approximate surface area is 200 Å². The molecular weight excluding hydrogens is 461 g/mol. The molecule has 32 heavy (non-hydrogen) atoms. The molecule has 0 fully saturated rings. The van der Waals surface area contributed by atoms with Crippen molar-refractivity contribution >= 4 is 31.4 Å². The fourth-order valence-corrected chi connectivity index (χ4v) is 5.94. The number of rotatable bonds is 11. The van der Waals surface area contributed by atoms with Crippen molar-refractivity contribution in [2.24, 2.45) is 5.73 Å². The number of hydrogen-bond donors (Lipinski definition) is 2. The largest absolute Gasteiger partial charge is 0.507 e. The third-order valence-electron chi connectivity index (χ3n) is 4.95. The molecular formula is C25H28ClNO3PS+. The first-order chi connectivity index (χ1) is 15.3. The lowest BCUT2D eigenvalue weighted by molar-refractivity contribution is 0.305. The van der Waals surface area contributed by atoms with Gasteiger partial charge in [-0.2, -0.15) is 4.89 Å². The Balaban J connectivity index is 1.74. The van der Waals surface area contributed by atoms with E-state index in [0.717, 1.165) is 21.8 Å². The predicted octanol–water partition coefficient (Wildman–Crippen LogP) is 6.46. The summed E-state index contributed by atoms with van der Waals surface area (Å²) in [7, 11) is -2.31. The molecule has 3 atom stereocenters. The van der Waals surface area contributed by atoms with E-state index < -0.39 is 13.6 Å². The number of thioether (sulfide) groups is 1. The number of ether oxygens (including phenoxy) is 1. The Morgan fingerprint density at radius 3 is 2.53 bits per heavy atom. The van der Waals surface area contributed by atoms with E-state index in [1.807, 2.05) is 85.8 Å². The minimum atomic E-state index is -2.31. The Hall–Kier alpha value is -1.88. The summed E-state index contributed by atoms with van der Waals surface area (Å²) in [6, 6.07) is 25.8. The van der Waals surface area contributed by atoms with Crippen LogP contribution in [0, 0.1) is 0 Å². The van der Waals surface area contributed by atoms with E-state index in [1.165, 1.54) is 0 Å². The molecule has 0 aliphatic carbocycles. The molecule has 0 saturated carbocycles. The van der Waals surface area contributed by atoms with Crippen LogP contribution in [-0.4, -0.2) is 21.8 Å². The smallest absolute Gasteiger partial charge is 0.489 e. The lowest BCUT2D eigenvalue weighted by Crippen LogP contribution is -2.42. The van der Waals surface area contributed by atoms with Gasteiger partial charge in [-0.25, -0.2) is 0 Å². The Morgan fingerprint density at radius 2 is 1.81 bits per heavy atom. The highest BCUT2D eigenvalue weighted by Crippen LogP contribution is 2.35. The monoisotopic (exact) mass is 488 g/mol. The number of benzene rings is 3. The summed E-state index contributed by atoms with van der Waals surface area (Å²) in [5, 5.41) is 0.786. The zero-order valence-electron chi connectivity index (χ0n) is 18.0. The van der Waals surface area contributed by atoms with Gasteiger partial charge < -0.3 is 10.5 Å². The molecule has 0 aliphatic rings. The molecule has 0 amide bonds. The highest BCUT2D eigenvalue weighted by molar-refractivity contribution is 8.00. The van der Waals surface area contributed by atoms with Crippen molar-refractivity contribution in [3.8, 4) is 5.75 Å². The summed E-state index contributed by atoms with van der Waals surface area (Å²) in [5.74, 6) is 0.796. The van der Waals surface area contributed by atoms with Crippen molar-refractivity contribution in [1.29, 1.82) is 0 Å². The zero-order chi connectivity index (χ0) is 23.0. The molecule has 0 radical (unpaired) electrons. The molecule has 3 unspecified atom stereocenters. The van der Waals surface area contributed by atoms with Crippen LogP contribution in [0.5, 0.6) is 5.75 Å². The molecule has 168 valence electrons. The van der Waals surface area contributed by atoms with Gasteiger partial charge in [-0.15, -0.1) is 11.8 Å². The highest BCUT2D eigenvalue weighted by Gasteiger charge is 2.33. The van der Waals surface area contributed by atoms with Gasteiger partial charge in [0.2, 0.25) is 0 Å². The maximum Gasteiger partial charge on any atom is 0.507 e. The fourth-order valence-electron chi connectivity index (χ4n) is 3.53. The van der Waals surface area contributed by atoms with Crippen LogP contribution < -0.4 is 10.5 Å². The summed E-state index contributed by atoms with van der Waals surface area (Å²) in [6.45, 7) is 2.33. The molecule has 3 rings (SSSR count). The van der Waals surface area contributed by atoms with Crippen molar-refractivity contribution in [2.75, 3.05) is 6.16 Å². The molecule has 3 aromatic rings. The van der Waals surface area contributed by atoms with Gasteiger partial charge in [0.1, 0.15) is 12.4 Å². The third kappa shape index (κ3) is 8.23. The standard InChI is InChI=1S/C25H27ClNO3PS/c1-25(27,18-31(28)29)16-23(14-20-10-5-6-13-24(20)26)32-22-12-7-11-21(15-22)30-17-19-8-3-2-4-9-19/h2-13,15,23H,14,16-18,27H2,1H3/p+1. The van der Waals surface area contributed by atoms with E-state index in [4.69, 9.17) is 22.1 Å². The van der Waals surface area contributed by atoms with Gasteiger partial charge in [0.25, 0.3) is 0 Å². The maximum atomic E-state index is 11.4. The van der Waals surface area contributed by atoms with E-state index in [1.54, 1.807) is 11.8 Å². The summed E-state index contributed by atoms with van der Waals surface area (Å²) in [6.07, 6.45) is 1.33. The lowest BCUT2D eigenvalue weighted by atomic mass is 9.96. The molecule has 4 nitrogen and oxygen atoms in total. The van der Waals surface area contributed by atoms with Gasteiger partial charge in [-0.3, -0.25) is 0 Å². The van der Waals surface area contributed by atoms with Crippen LogP contribution in [0.1, 0.15) is 24.5 Å². The summed E-state index contributed by atoms with van der Waals surface area (Å²) >= 11 is 8.09. The second-order valence-corrected chi connectivity index (χ2v) is 11.0. The van der Waals surface area contributed by atoms with Crippen LogP contribution in [0.2, 0.25) is 5.02 Å². The van der Waals surface area contributed by atoms with Crippen LogP contribution in [0.4, 0.5) is 0 Å². The number of halogens is 1. The Bertz CT molecular complexity index is 1030. The van der Waals surface area contributed by atoms with Gasteiger partial charge in [0.05, 0.1) is 5.54 Å². The zero-order valence-corrected chi connectivity index (χ0v) is 20.5. The maximum absolute atomic E-state index is 11.4. The van der Waals surface area contributed by atoms with E-state index in [2.05, 4.69) is 0 Å². The van der Waals surface area contributed by atoms with E-state index in [0.29, 0.717) is 24.5 Å². The molecule has 0 saturated heterocycles. The molecule has 3 aromatic carbocycles. The minimum Gasteiger partial charge on any atom is -0.489 e. The van der Waals surface area contributed by atoms with Gasteiger partial charge in [-0.05, 0) is 59.7 Å². The van der Waals surface area contributed by atoms with Crippen LogP contribution >= 0.6 is 31.4 Å². The summed E-state index contributed by atoms with van der Waals surface area (Å²) in [4.78, 5) is 10.5. The van der Waals surface area contributed by atoms with Crippen molar-refractivity contribution in [1.82, 2.24) is 0 Å². The molecule has 0 heterocycles. The minimum absolute atomic E-state index is 0.0577. The van der Waals surface area contributed by atoms with Crippen LogP contribution in [-0.2, 0) is 17.6 Å².